The smallest absolute Gasteiger partial charge is 0.411 e. The second-order valence-electron chi connectivity index (χ2n) is 7.06. The van der Waals surface area contributed by atoms with E-state index in [1.165, 1.54) is 4.90 Å². The van der Waals surface area contributed by atoms with Crippen LogP contribution in [-0.2, 0) is 16.0 Å². The number of ether oxygens (including phenoxy) is 1. The molecule has 0 saturated carbocycles. The summed E-state index contributed by atoms with van der Waals surface area (Å²) in [5.74, 6) is -1.05. The number of carbonyl (C=O) groups excluding carboxylic acids is 1. The molecular formula is C18H22N2O4. The van der Waals surface area contributed by atoms with Crippen LogP contribution in [0.5, 0.6) is 0 Å². The highest BCUT2D eigenvalue weighted by molar-refractivity contribution is 5.85. The normalized spacial score (nSPS) is 20.5. The number of aliphatic carboxylic acids is 1. The lowest BCUT2D eigenvalue weighted by Crippen LogP contribution is -2.55. The van der Waals surface area contributed by atoms with Crippen molar-refractivity contribution >= 4 is 12.1 Å². The Balaban J connectivity index is 2.33. The minimum Gasteiger partial charge on any atom is -0.479 e. The Morgan fingerprint density at radius 3 is 2.71 bits per heavy atom. The molecule has 1 atom stereocenters. The molecule has 0 aromatic heterocycles. The third kappa shape index (κ3) is 3.67. The highest BCUT2D eigenvalue weighted by Gasteiger charge is 2.51. The van der Waals surface area contributed by atoms with Crippen LogP contribution in [0.1, 0.15) is 44.7 Å². The molecule has 0 spiro atoms. The second kappa shape index (κ2) is 6.52. The topological polar surface area (TPSA) is 90.6 Å². The first-order valence-electron chi connectivity index (χ1n) is 7.91. The zero-order valence-corrected chi connectivity index (χ0v) is 14.2. The monoisotopic (exact) mass is 330 g/mol. The van der Waals surface area contributed by atoms with E-state index < -0.39 is 23.2 Å². The molecule has 1 aliphatic heterocycles. The molecule has 0 unspecified atom stereocenters. The molecule has 6 heteroatoms. The van der Waals surface area contributed by atoms with Crippen LogP contribution in [0.15, 0.2) is 24.3 Å². The van der Waals surface area contributed by atoms with Crippen molar-refractivity contribution in [3.05, 3.63) is 35.4 Å². The van der Waals surface area contributed by atoms with Gasteiger partial charge in [-0.3, -0.25) is 4.90 Å². The van der Waals surface area contributed by atoms with E-state index in [1.807, 2.05) is 6.07 Å². The molecule has 24 heavy (non-hydrogen) atoms. The number of likely N-dealkylation sites (tertiary alicyclic amines) is 1. The molecule has 6 nitrogen and oxygen atoms in total. The molecule has 128 valence electrons. The zero-order chi connectivity index (χ0) is 18.0. The molecule has 2 rings (SSSR count). The highest BCUT2D eigenvalue weighted by Crippen LogP contribution is 2.34. The zero-order valence-electron chi connectivity index (χ0n) is 14.2. The Morgan fingerprint density at radius 2 is 2.12 bits per heavy atom. The largest absolute Gasteiger partial charge is 0.479 e. The van der Waals surface area contributed by atoms with Gasteiger partial charge in [-0.1, -0.05) is 12.1 Å². The maximum atomic E-state index is 12.5. The average molecular weight is 330 g/mol. The van der Waals surface area contributed by atoms with Gasteiger partial charge in [-0.2, -0.15) is 5.26 Å². The molecule has 1 aliphatic rings. The lowest BCUT2D eigenvalue weighted by atomic mass is 9.88. The maximum Gasteiger partial charge on any atom is 0.411 e. The number of hydrogen-bond acceptors (Lipinski definition) is 4. The van der Waals surface area contributed by atoms with E-state index >= 15 is 0 Å². The summed E-state index contributed by atoms with van der Waals surface area (Å²) in [6, 6.07) is 8.87. The number of carboxylic acid groups (broad SMARTS) is 1. The summed E-state index contributed by atoms with van der Waals surface area (Å²) in [4.78, 5) is 25.8. The Morgan fingerprint density at radius 1 is 1.42 bits per heavy atom. The van der Waals surface area contributed by atoms with Crippen LogP contribution in [0, 0.1) is 11.3 Å². The number of rotatable bonds is 3. The predicted octanol–water partition coefficient (Wildman–Crippen LogP) is 2.96. The maximum absolute atomic E-state index is 12.5. The van der Waals surface area contributed by atoms with Gasteiger partial charge in [0.2, 0.25) is 0 Å². The van der Waals surface area contributed by atoms with Crippen molar-refractivity contribution in [2.75, 3.05) is 6.54 Å². The molecule has 1 amide bonds. The Hall–Kier alpha value is -2.55. The number of amides is 1. The van der Waals surface area contributed by atoms with E-state index in [2.05, 4.69) is 0 Å². The molecule has 1 heterocycles. The molecule has 1 aromatic carbocycles. The number of nitriles is 1. The van der Waals surface area contributed by atoms with Gasteiger partial charge in [-0.15, -0.1) is 0 Å². The minimum atomic E-state index is -1.34. The lowest BCUT2D eigenvalue weighted by Gasteiger charge is -2.36. The minimum absolute atomic E-state index is 0.150. The van der Waals surface area contributed by atoms with Crippen molar-refractivity contribution in [1.82, 2.24) is 4.90 Å². The van der Waals surface area contributed by atoms with Gasteiger partial charge in [0.25, 0.3) is 0 Å². The number of benzene rings is 1. The molecule has 1 saturated heterocycles. The van der Waals surface area contributed by atoms with Crippen LogP contribution in [0.3, 0.4) is 0 Å². The van der Waals surface area contributed by atoms with Gasteiger partial charge in [0.1, 0.15) is 11.1 Å². The van der Waals surface area contributed by atoms with E-state index in [-0.39, 0.29) is 6.42 Å². The van der Waals surface area contributed by atoms with Gasteiger partial charge >= 0.3 is 12.1 Å². The van der Waals surface area contributed by atoms with Crippen molar-refractivity contribution in [1.29, 1.82) is 5.26 Å². The van der Waals surface area contributed by atoms with Crippen LogP contribution >= 0.6 is 0 Å². The molecular weight excluding hydrogens is 308 g/mol. The Bertz CT molecular complexity index is 687. The van der Waals surface area contributed by atoms with Gasteiger partial charge in [-0.25, -0.2) is 9.59 Å². The first kappa shape index (κ1) is 17.8. The van der Waals surface area contributed by atoms with E-state index in [9.17, 15) is 14.7 Å². The van der Waals surface area contributed by atoms with Crippen LogP contribution in [0.2, 0.25) is 0 Å². The summed E-state index contributed by atoms with van der Waals surface area (Å²) in [5.41, 5.74) is -0.845. The van der Waals surface area contributed by atoms with Crippen molar-refractivity contribution < 1.29 is 19.4 Å². The summed E-state index contributed by atoms with van der Waals surface area (Å²) in [7, 11) is 0. The summed E-state index contributed by atoms with van der Waals surface area (Å²) in [6.45, 7) is 5.60. The SMILES string of the molecule is CC(C)(C)OC(=O)N1CCC[C@]1(Cc1cccc(C#N)c1)C(=O)O. The van der Waals surface area contributed by atoms with Crippen LogP contribution in [0.4, 0.5) is 4.79 Å². The summed E-state index contributed by atoms with van der Waals surface area (Å²) >= 11 is 0. The van der Waals surface area contributed by atoms with E-state index in [0.29, 0.717) is 30.5 Å². The molecule has 0 bridgehead atoms. The molecule has 1 fully saturated rings. The average Bonchev–Trinajstić information content (AvgIpc) is 2.91. The molecule has 0 radical (unpaired) electrons. The third-order valence-corrected chi connectivity index (χ3v) is 4.05. The van der Waals surface area contributed by atoms with E-state index in [4.69, 9.17) is 10.00 Å². The standard InChI is InChI=1S/C18H22N2O4/c1-17(2,3)24-16(23)20-9-5-8-18(20,15(21)22)11-13-6-4-7-14(10-13)12-19/h4,6-7,10H,5,8-9,11H2,1-3H3,(H,21,22)/t18-/m0/s1. The van der Waals surface area contributed by atoms with E-state index in [1.54, 1.807) is 45.0 Å². The van der Waals surface area contributed by atoms with E-state index in [0.717, 1.165) is 0 Å². The first-order valence-corrected chi connectivity index (χ1v) is 7.91. The fourth-order valence-electron chi connectivity index (χ4n) is 3.03. The van der Waals surface area contributed by atoms with Crippen molar-refractivity contribution in [3.8, 4) is 6.07 Å². The fraction of sp³-hybridized carbons (Fsp3) is 0.500. The third-order valence-electron chi connectivity index (χ3n) is 4.05. The highest BCUT2D eigenvalue weighted by atomic mass is 16.6. The van der Waals surface area contributed by atoms with Crippen molar-refractivity contribution in [3.63, 3.8) is 0 Å². The summed E-state index contributed by atoms with van der Waals surface area (Å²) < 4.78 is 5.38. The second-order valence-corrected chi connectivity index (χ2v) is 7.06. The van der Waals surface area contributed by atoms with Crippen LogP contribution < -0.4 is 0 Å². The van der Waals surface area contributed by atoms with Crippen LogP contribution in [-0.4, -0.2) is 39.8 Å². The number of carboxylic acids is 1. The van der Waals surface area contributed by atoms with Crippen molar-refractivity contribution in [2.45, 2.75) is 51.2 Å². The molecule has 1 aromatic rings. The lowest BCUT2D eigenvalue weighted by molar-refractivity contribution is -0.149. The summed E-state index contributed by atoms with van der Waals surface area (Å²) in [6.07, 6.45) is 0.498. The molecule has 0 aliphatic carbocycles. The van der Waals surface area contributed by atoms with Gasteiger partial charge < -0.3 is 9.84 Å². The van der Waals surface area contributed by atoms with Gasteiger partial charge in [0.05, 0.1) is 11.6 Å². The fourth-order valence-corrected chi connectivity index (χ4v) is 3.03. The van der Waals surface area contributed by atoms with Gasteiger partial charge in [0, 0.05) is 13.0 Å². The Kier molecular flexibility index (Phi) is 4.83. The quantitative estimate of drug-likeness (QED) is 0.920. The predicted molar refractivity (Wildman–Crippen MR) is 87.4 cm³/mol. The number of carbonyl (C=O) groups is 2. The first-order chi connectivity index (χ1) is 11.2. The number of nitrogens with zero attached hydrogens (tertiary/aromatic N) is 2. The van der Waals surface area contributed by atoms with Crippen LogP contribution in [0.25, 0.3) is 0 Å². The van der Waals surface area contributed by atoms with Gasteiger partial charge in [-0.05, 0) is 51.3 Å². The molecule has 1 N–H and O–H groups in total. The summed E-state index contributed by atoms with van der Waals surface area (Å²) in [5, 5.41) is 18.9. The Labute approximate surface area is 141 Å². The van der Waals surface area contributed by atoms with Gasteiger partial charge in [0.15, 0.2) is 0 Å². The number of hydrogen-bond donors (Lipinski definition) is 1. The van der Waals surface area contributed by atoms with Crippen molar-refractivity contribution in [2.24, 2.45) is 0 Å².